The summed E-state index contributed by atoms with van der Waals surface area (Å²) < 4.78 is 34.7. The second kappa shape index (κ2) is 7.62. The second-order valence-corrected chi connectivity index (χ2v) is 9.03. The molecule has 0 radical (unpaired) electrons. The summed E-state index contributed by atoms with van der Waals surface area (Å²) in [4.78, 5) is 13.1. The van der Waals surface area contributed by atoms with Crippen LogP contribution in [0.2, 0.25) is 0 Å². The van der Waals surface area contributed by atoms with Crippen molar-refractivity contribution in [3.63, 3.8) is 0 Å². The first-order chi connectivity index (χ1) is 13.9. The Morgan fingerprint density at radius 2 is 1.83 bits per heavy atom. The number of ether oxygens (including phenoxy) is 1. The molecule has 0 spiro atoms. The van der Waals surface area contributed by atoms with Gasteiger partial charge in [-0.25, -0.2) is 8.42 Å². The van der Waals surface area contributed by atoms with E-state index >= 15 is 0 Å². The Hall–Kier alpha value is -2.68. The Morgan fingerprint density at radius 1 is 1.10 bits per heavy atom. The van der Waals surface area contributed by atoms with Crippen LogP contribution in [-0.4, -0.2) is 49.5 Å². The predicted octanol–water partition coefficient (Wildman–Crippen LogP) is 2.76. The van der Waals surface area contributed by atoms with E-state index in [2.05, 4.69) is 5.32 Å². The van der Waals surface area contributed by atoms with Crippen LogP contribution < -0.4 is 5.32 Å². The number of para-hydroxylation sites is 1. The number of carbonyl (C=O) groups is 1. The second-order valence-electron chi connectivity index (χ2n) is 7.12. The first-order valence-corrected chi connectivity index (χ1v) is 10.9. The quantitative estimate of drug-likeness (QED) is 0.713. The van der Waals surface area contributed by atoms with Crippen LogP contribution in [0.25, 0.3) is 10.9 Å². The molecule has 4 rings (SSSR count). The summed E-state index contributed by atoms with van der Waals surface area (Å²) in [6.07, 6.45) is 1.78. The van der Waals surface area contributed by atoms with Gasteiger partial charge >= 0.3 is 0 Å². The van der Waals surface area contributed by atoms with Crippen LogP contribution in [0.4, 0.5) is 5.69 Å². The fraction of sp³-hybridized carbons (Fsp3) is 0.286. The van der Waals surface area contributed by atoms with Crippen LogP contribution >= 0.6 is 0 Å². The third-order valence-corrected chi connectivity index (χ3v) is 7.22. The molecule has 0 atom stereocenters. The van der Waals surface area contributed by atoms with Crippen molar-refractivity contribution in [1.29, 1.82) is 0 Å². The summed E-state index contributed by atoms with van der Waals surface area (Å²) in [6.45, 7) is 3.18. The summed E-state index contributed by atoms with van der Waals surface area (Å²) in [5.74, 6) is -0.277. The van der Waals surface area contributed by atoms with Crippen molar-refractivity contribution in [3.05, 3.63) is 59.8 Å². The summed E-state index contributed by atoms with van der Waals surface area (Å²) in [5.41, 5.74) is 2.58. The van der Waals surface area contributed by atoms with Gasteiger partial charge in [0.2, 0.25) is 10.0 Å². The number of nitrogens with one attached hydrogen (secondary N) is 1. The Labute approximate surface area is 169 Å². The molecule has 0 saturated carbocycles. The van der Waals surface area contributed by atoms with Gasteiger partial charge in [-0.2, -0.15) is 4.31 Å². The van der Waals surface area contributed by atoms with Crippen molar-refractivity contribution in [2.75, 3.05) is 31.6 Å². The number of aromatic nitrogens is 1. The van der Waals surface area contributed by atoms with Crippen LogP contribution in [0.1, 0.15) is 15.9 Å². The molecule has 29 heavy (non-hydrogen) atoms. The van der Waals surface area contributed by atoms with Crippen molar-refractivity contribution in [2.24, 2.45) is 7.05 Å². The molecule has 1 N–H and O–H groups in total. The lowest BCUT2D eigenvalue weighted by atomic mass is 10.1. The maximum atomic E-state index is 13.0. The van der Waals surface area contributed by atoms with Gasteiger partial charge in [-0.15, -0.1) is 0 Å². The largest absolute Gasteiger partial charge is 0.379 e. The molecule has 3 aromatic rings. The van der Waals surface area contributed by atoms with Crippen LogP contribution in [0.3, 0.4) is 0 Å². The monoisotopic (exact) mass is 413 g/mol. The minimum Gasteiger partial charge on any atom is -0.379 e. The lowest BCUT2D eigenvalue weighted by molar-refractivity contribution is 0.0730. The molecule has 2 heterocycles. The standard InChI is InChI=1S/C21H23N3O4S/c1-15-7-8-16(13-20(15)29(26,27)24-9-11-28-12-10-24)22-21(25)18-14-23(2)19-6-4-3-5-17(18)19/h3-8,13-14H,9-12H2,1-2H3,(H,22,25). The van der Waals surface area contributed by atoms with E-state index < -0.39 is 10.0 Å². The molecule has 1 amide bonds. The zero-order valence-electron chi connectivity index (χ0n) is 16.4. The predicted molar refractivity (Wildman–Crippen MR) is 112 cm³/mol. The molecule has 1 aliphatic rings. The van der Waals surface area contributed by atoms with Gasteiger partial charge in [-0.1, -0.05) is 24.3 Å². The summed E-state index contributed by atoms with van der Waals surface area (Å²) in [6, 6.07) is 12.6. The van der Waals surface area contributed by atoms with E-state index in [9.17, 15) is 13.2 Å². The molecule has 0 bridgehead atoms. The zero-order valence-corrected chi connectivity index (χ0v) is 17.2. The van der Waals surface area contributed by atoms with E-state index in [4.69, 9.17) is 4.74 Å². The average Bonchev–Trinajstić information content (AvgIpc) is 3.07. The van der Waals surface area contributed by atoms with Crippen LogP contribution in [-0.2, 0) is 21.8 Å². The van der Waals surface area contributed by atoms with Gasteiger partial charge in [0.05, 0.1) is 23.7 Å². The lowest BCUT2D eigenvalue weighted by Crippen LogP contribution is -2.40. The van der Waals surface area contributed by atoms with E-state index in [0.29, 0.717) is 43.1 Å². The Morgan fingerprint density at radius 3 is 2.59 bits per heavy atom. The maximum Gasteiger partial charge on any atom is 0.257 e. The molecular weight excluding hydrogens is 390 g/mol. The Bertz CT molecular complexity index is 1180. The van der Waals surface area contributed by atoms with Gasteiger partial charge in [0.15, 0.2) is 0 Å². The molecule has 2 aromatic carbocycles. The van der Waals surface area contributed by atoms with E-state index in [0.717, 1.165) is 10.9 Å². The van der Waals surface area contributed by atoms with Gasteiger partial charge in [-0.3, -0.25) is 4.79 Å². The van der Waals surface area contributed by atoms with Gasteiger partial charge in [-0.05, 0) is 30.7 Å². The highest BCUT2D eigenvalue weighted by Gasteiger charge is 2.28. The molecule has 0 unspecified atom stereocenters. The smallest absolute Gasteiger partial charge is 0.257 e. The third-order valence-electron chi connectivity index (χ3n) is 5.18. The number of hydrogen-bond donors (Lipinski definition) is 1. The van der Waals surface area contributed by atoms with Gasteiger partial charge in [0.25, 0.3) is 5.91 Å². The molecule has 1 saturated heterocycles. The van der Waals surface area contributed by atoms with E-state index in [1.54, 1.807) is 25.3 Å². The number of anilines is 1. The molecule has 1 aromatic heterocycles. The van der Waals surface area contributed by atoms with Crippen molar-refractivity contribution >= 4 is 32.5 Å². The normalized spacial score (nSPS) is 15.5. The number of carbonyl (C=O) groups excluding carboxylic acids is 1. The zero-order chi connectivity index (χ0) is 20.6. The molecule has 1 aliphatic heterocycles. The van der Waals surface area contributed by atoms with E-state index in [1.807, 2.05) is 35.9 Å². The fourth-order valence-electron chi connectivity index (χ4n) is 3.60. The highest BCUT2D eigenvalue weighted by Crippen LogP contribution is 2.26. The number of benzene rings is 2. The first-order valence-electron chi connectivity index (χ1n) is 9.42. The topological polar surface area (TPSA) is 80.6 Å². The molecule has 0 aliphatic carbocycles. The molecule has 1 fully saturated rings. The number of morpholine rings is 1. The number of sulfonamides is 1. The van der Waals surface area contributed by atoms with Gasteiger partial charge < -0.3 is 14.6 Å². The molecular formula is C21H23N3O4S. The van der Waals surface area contributed by atoms with Crippen molar-refractivity contribution in [1.82, 2.24) is 8.87 Å². The average molecular weight is 413 g/mol. The van der Waals surface area contributed by atoms with Crippen molar-refractivity contribution in [2.45, 2.75) is 11.8 Å². The van der Waals surface area contributed by atoms with Crippen molar-refractivity contribution < 1.29 is 17.9 Å². The number of fused-ring (bicyclic) bond motifs is 1. The lowest BCUT2D eigenvalue weighted by Gasteiger charge is -2.26. The SMILES string of the molecule is Cc1ccc(NC(=O)c2cn(C)c3ccccc23)cc1S(=O)(=O)N1CCOCC1. The number of nitrogens with zero attached hydrogens (tertiary/aromatic N) is 2. The number of hydrogen-bond acceptors (Lipinski definition) is 4. The summed E-state index contributed by atoms with van der Waals surface area (Å²) in [5, 5.41) is 3.69. The Kier molecular flexibility index (Phi) is 5.16. The molecule has 7 nitrogen and oxygen atoms in total. The minimum atomic E-state index is -3.65. The number of aryl methyl sites for hydroxylation is 2. The molecule has 152 valence electrons. The maximum absolute atomic E-state index is 13.0. The van der Waals surface area contributed by atoms with E-state index in [1.165, 1.54) is 10.4 Å². The number of rotatable bonds is 4. The summed E-state index contributed by atoms with van der Waals surface area (Å²) in [7, 11) is -1.76. The first kappa shape index (κ1) is 19.6. The number of amides is 1. The van der Waals surface area contributed by atoms with E-state index in [-0.39, 0.29) is 10.8 Å². The van der Waals surface area contributed by atoms with Crippen LogP contribution in [0.5, 0.6) is 0 Å². The fourth-order valence-corrected chi connectivity index (χ4v) is 5.26. The van der Waals surface area contributed by atoms with Gasteiger partial charge in [0.1, 0.15) is 0 Å². The minimum absolute atomic E-state index is 0.204. The summed E-state index contributed by atoms with van der Waals surface area (Å²) >= 11 is 0. The van der Waals surface area contributed by atoms with Crippen LogP contribution in [0.15, 0.2) is 53.6 Å². The highest BCUT2D eigenvalue weighted by atomic mass is 32.2. The van der Waals surface area contributed by atoms with Crippen LogP contribution in [0, 0.1) is 6.92 Å². The highest BCUT2D eigenvalue weighted by molar-refractivity contribution is 7.89. The Balaban J connectivity index is 1.64. The molecule has 8 heteroatoms. The third kappa shape index (κ3) is 3.66. The van der Waals surface area contributed by atoms with Crippen molar-refractivity contribution in [3.8, 4) is 0 Å². The van der Waals surface area contributed by atoms with Gasteiger partial charge in [0, 0.05) is 42.9 Å².